The molecule has 0 bridgehead atoms. The Labute approximate surface area is 176 Å². The Balaban J connectivity index is 1.51. The number of carbonyl (C=O) groups excluding carboxylic acids is 1. The molecule has 3 aromatic rings. The molecular formula is C24H24N4O2. The lowest BCUT2D eigenvalue weighted by Gasteiger charge is -2.41. The minimum atomic E-state index is -0.275. The molecule has 30 heavy (non-hydrogen) atoms. The van der Waals surface area contributed by atoms with Crippen LogP contribution in [0.4, 0.5) is 5.69 Å². The van der Waals surface area contributed by atoms with Gasteiger partial charge in [0.1, 0.15) is 5.69 Å². The minimum absolute atomic E-state index is 0.275. The molecule has 1 N–H and O–H groups in total. The van der Waals surface area contributed by atoms with Crippen LogP contribution in [0.25, 0.3) is 17.0 Å². The topological polar surface area (TPSA) is 67.4 Å². The lowest BCUT2D eigenvalue weighted by molar-refractivity contribution is 0.000933. The first kappa shape index (κ1) is 19.8. The summed E-state index contributed by atoms with van der Waals surface area (Å²) in [5.74, 6) is -0.275. The van der Waals surface area contributed by atoms with Gasteiger partial charge in [0.05, 0.1) is 23.7 Å². The third-order valence-corrected chi connectivity index (χ3v) is 5.28. The second kappa shape index (κ2) is 8.47. The number of benzene rings is 2. The fraction of sp³-hybridized carbons (Fsp3) is 0.208. The summed E-state index contributed by atoms with van der Waals surface area (Å²) in [5.41, 5.74) is 5.20. The summed E-state index contributed by atoms with van der Waals surface area (Å²) in [6, 6.07) is 17.3. The van der Waals surface area contributed by atoms with Crippen LogP contribution in [-0.2, 0) is 4.74 Å². The highest BCUT2D eigenvalue weighted by Crippen LogP contribution is 2.26. The molecule has 0 spiro atoms. The number of hydrogen-bond acceptors (Lipinski definition) is 5. The third kappa shape index (κ3) is 4.09. The minimum Gasteiger partial charge on any atom is -0.378 e. The number of aromatic nitrogens is 2. The highest BCUT2D eigenvalue weighted by Gasteiger charge is 2.27. The zero-order chi connectivity index (χ0) is 21.1. The van der Waals surface area contributed by atoms with Crippen LogP contribution in [-0.4, -0.2) is 47.1 Å². The first-order chi connectivity index (χ1) is 14.5. The van der Waals surface area contributed by atoms with Gasteiger partial charge in [-0.3, -0.25) is 9.78 Å². The molecule has 0 unspecified atom stereocenters. The second-order valence-corrected chi connectivity index (χ2v) is 7.30. The van der Waals surface area contributed by atoms with E-state index in [0.717, 1.165) is 35.6 Å². The standard InChI is InChI=1S/C24H24N4O2/c1-16-23(24(29)26-20-7-5-4-6-8-20)27-22(13-25-16)19-11-9-18(10-12-19)17(2)28-14-21(15-28)30-3/h4-13,21H,2,14-15H2,1,3H3,(H,26,29). The molecule has 2 heterocycles. The number of ether oxygens (including phenoxy) is 1. The van der Waals surface area contributed by atoms with E-state index in [2.05, 4.69) is 26.8 Å². The Morgan fingerprint density at radius 1 is 1.13 bits per heavy atom. The van der Waals surface area contributed by atoms with Crippen molar-refractivity contribution in [3.05, 3.63) is 84.3 Å². The zero-order valence-corrected chi connectivity index (χ0v) is 17.1. The summed E-state index contributed by atoms with van der Waals surface area (Å²) < 4.78 is 5.33. The largest absolute Gasteiger partial charge is 0.378 e. The smallest absolute Gasteiger partial charge is 0.276 e. The van der Waals surface area contributed by atoms with Crippen LogP contribution in [0.1, 0.15) is 21.7 Å². The summed E-state index contributed by atoms with van der Waals surface area (Å²) in [7, 11) is 1.73. The summed E-state index contributed by atoms with van der Waals surface area (Å²) in [6.45, 7) is 7.70. The maximum Gasteiger partial charge on any atom is 0.276 e. The number of methoxy groups -OCH3 is 1. The zero-order valence-electron chi connectivity index (χ0n) is 17.1. The van der Waals surface area contributed by atoms with Gasteiger partial charge in [0.15, 0.2) is 0 Å². The maximum absolute atomic E-state index is 12.7. The Hall–Kier alpha value is -3.51. The average Bonchev–Trinajstić information content (AvgIpc) is 2.74. The van der Waals surface area contributed by atoms with Gasteiger partial charge < -0.3 is 15.0 Å². The molecule has 6 heteroatoms. The van der Waals surface area contributed by atoms with E-state index in [1.54, 1.807) is 20.2 Å². The van der Waals surface area contributed by atoms with Crippen molar-refractivity contribution in [1.82, 2.24) is 14.9 Å². The molecule has 2 aromatic carbocycles. The van der Waals surface area contributed by atoms with Crippen molar-refractivity contribution in [2.24, 2.45) is 0 Å². The van der Waals surface area contributed by atoms with Crippen molar-refractivity contribution in [3.63, 3.8) is 0 Å². The summed E-state index contributed by atoms with van der Waals surface area (Å²) in [6.07, 6.45) is 1.97. The van der Waals surface area contributed by atoms with E-state index in [1.165, 1.54) is 0 Å². The SMILES string of the molecule is C=C(c1ccc(-c2cnc(C)c(C(=O)Nc3ccccc3)n2)cc1)N1CC(OC)C1. The molecule has 1 aliphatic heterocycles. The van der Waals surface area contributed by atoms with Crippen molar-refractivity contribution in [2.45, 2.75) is 13.0 Å². The van der Waals surface area contributed by atoms with Gasteiger partial charge in [-0.25, -0.2) is 4.98 Å². The molecule has 1 aromatic heterocycles. The second-order valence-electron chi connectivity index (χ2n) is 7.30. The third-order valence-electron chi connectivity index (χ3n) is 5.28. The predicted molar refractivity (Wildman–Crippen MR) is 118 cm³/mol. The van der Waals surface area contributed by atoms with Crippen LogP contribution in [0.2, 0.25) is 0 Å². The quantitative estimate of drug-likeness (QED) is 0.677. The molecule has 0 aliphatic carbocycles. The highest BCUT2D eigenvalue weighted by molar-refractivity contribution is 6.03. The number of likely N-dealkylation sites (tertiary alicyclic amines) is 1. The van der Waals surface area contributed by atoms with E-state index in [9.17, 15) is 4.79 Å². The number of aryl methyl sites for hydroxylation is 1. The van der Waals surface area contributed by atoms with Gasteiger partial charge in [-0.15, -0.1) is 0 Å². The van der Waals surface area contributed by atoms with Gasteiger partial charge in [0.25, 0.3) is 5.91 Å². The number of hydrogen-bond donors (Lipinski definition) is 1. The Bertz CT molecular complexity index is 1060. The number of nitrogens with zero attached hydrogens (tertiary/aromatic N) is 3. The van der Waals surface area contributed by atoms with Crippen molar-refractivity contribution >= 4 is 17.3 Å². The van der Waals surface area contributed by atoms with E-state index in [0.29, 0.717) is 17.1 Å². The highest BCUT2D eigenvalue weighted by atomic mass is 16.5. The normalized spacial score (nSPS) is 13.6. The van der Waals surface area contributed by atoms with E-state index in [4.69, 9.17) is 4.74 Å². The Kier molecular flexibility index (Phi) is 5.59. The number of amides is 1. The van der Waals surface area contributed by atoms with Crippen molar-refractivity contribution in [2.75, 3.05) is 25.5 Å². The number of para-hydroxylation sites is 1. The van der Waals surface area contributed by atoms with Crippen LogP contribution in [0.5, 0.6) is 0 Å². The van der Waals surface area contributed by atoms with E-state index in [1.807, 2.05) is 54.6 Å². The van der Waals surface area contributed by atoms with Crippen LogP contribution >= 0.6 is 0 Å². The molecule has 1 saturated heterocycles. The van der Waals surface area contributed by atoms with Crippen LogP contribution in [0, 0.1) is 6.92 Å². The molecule has 1 aliphatic rings. The van der Waals surface area contributed by atoms with Gasteiger partial charge in [0.2, 0.25) is 0 Å². The van der Waals surface area contributed by atoms with Crippen LogP contribution < -0.4 is 5.32 Å². The van der Waals surface area contributed by atoms with Gasteiger partial charge in [0, 0.05) is 37.1 Å². The lowest BCUT2D eigenvalue weighted by atomic mass is 10.0. The molecule has 0 atom stereocenters. The van der Waals surface area contributed by atoms with E-state index >= 15 is 0 Å². The molecule has 0 radical (unpaired) electrons. The maximum atomic E-state index is 12.7. The average molecular weight is 400 g/mol. The predicted octanol–water partition coefficient (Wildman–Crippen LogP) is 4.01. The van der Waals surface area contributed by atoms with Gasteiger partial charge in [-0.05, 0) is 24.6 Å². The first-order valence-electron chi connectivity index (χ1n) is 9.82. The number of nitrogens with one attached hydrogen (secondary N) is 1. The van der Waals surface area contributed by atoms with Crippen LogP contribution in [0.15, 0.2) is 67.4 Å². The summed E-state index contributed by atoms with van der Waals surface area (Å²) >= 11 is 0. The Morgan fingerprint density at radius 2 is 1.83 bits per heavy atom. The van der Waals surface area contributed by atoms with Gasteiger partial charge >= 0.3 is 0 Å². The number of rotatable bonds is 6. The first-order valence-corrected chi connectivity index (χ1v) is 9.82. The molecule has 1 amide bonds. The fourth-order valence-corrected chi connectivity index (χ4v) is 3.34. The Morgan fingerprint density at radius 3 is 2.50 bits per heavy atom. The monoisotopic (exact) mass is 400 g/mol. The van der Waals surface area contributed by atoms with E-state index < -0.39 is 0 Å². The fourth-order valence-electron chi connectivity index (χ4n) is 3.34. The molecule has 1 fully saturated rings. The van der Waals surface area contributed by atoms with Crippen molar-refractivity contribution in [1.29, 1.82) is 0 Å². The number of anilines is 1. The van der Waals surface area contributed by atoms with Gasteiger partial charge in [-0.1, -0.05) is 49.0 Å². The lowest BCUT2D eigenvalue weighted by Crippen LogP contribution is -2.50. The molecule has 4 rings (SSSR count). The summed E-state index contributed by atoms with van der Waals surface area (Å²) in [5, 5.41) is 2.87. The summed E-state index contributed by atoms with van der Waals surface area (Å²) in [4.78, 5) is 23.8. The van der Waals surface area contributed by atoms with Crippen LogP contribution in [0.3, 0.4) is 0 Å². The molecule has 0 saturated carbocycles. The van der Waals surface area contributed by atoms with Crippen molar-refractivity contribution in [3.8, 4) is 11.3 Å². The molecular weight excluding hydrogens is 376 g/mol. The van der Waals surface area contributed by atoms with E-state index in [-0.39, 0.29) is 12.0 Å². The van der Waals surface area contributed by atoms with Gasteiger partial charge in [-0.2, -0.15) is 0 Å². The number of carbonyl (C=O) groups is 1. The molecule has 6 nitrogen and oxygen atoms in total. The molecule has 152 valence electrons. The van der Waals surface area contributed by atoms with Crippen molar-refractivity contribution < 1.29 is 9.53 Å².